The van der Waals surface area contributed by atoms with Crippen LogP contribution in [-0.4, -0.2) is 64.7 Å². The number of hydrogen-bond acceptors (Lipinski definition) is 7. The molecule has 0 unspecified atom stereocenters. The van der Waals surface area contributed by atoms with Gasteiger partial charge in [0.15, 0.2) is 0 Å². The molecule has 4 aromatic carbocycles. The average Bonchev–Trinajstić information content (AvgIpc) is 3.79. The summed E-state index contributed by atoms with van der Waals surface area (Å²) in [5, 5.41) is 0. The molecule has 2 aliphatic heterocycles. The maximum absolute atomic E-state index is 12.7. The summed E-state index contributed by atoms with van der Waals surface area (Å²) in [6.45, 7) is 4.58. The summed E-state index contributed by atoms with van der Waals surface area (Å²) in [6.07, 6.45) is 1.56. The van der Waals surface area contributed by atoms with Crippen LogP contribution in [0.1, 0.15) is 29.9 Å². The Balaban J connectivity index is 1.19. The zero-order chi connectivity index (χ0) is 33.3. The summed E-state index contributed by atoms with van der Waals surface area (Å²) in [7, 11) is 2.75. The van der Waals surface area contributed by atoms with Gasteiger partial charge in [-0.25, -0.2) is 0 Å². The van der Waals surface area contributed by atoms with Gasteiger partial charge in [-0.3, -0.25) is 0 Å². The quantitative estimate of drug-likeness (QED) is 0.106. The minimum atomic E-state index is -0.641. The van der Waals surface area contributed by atoms with Gasteiger partial charge in [0.1, 0.15) is 0 Å². The standard InChI is InChI=1S/C38H29N5O3SSe/c1-38(2)28-12-8-9-13-30(28)43(23-10-6-5-7-11-23)31-18-14-22(20-29(31)38)25-16-17-26(34-33(25)39-48-40-34)32-19-15-24(47-32)21-27-35(44)41(3)37(46)42(4)36(27)45/h5-21H,1-4H3. The molecule has 1 saturated heterocycles. The number of hydrogen-bond donors (Lipinski definition) is 0. The van der Waals surface area contributed by atoms with E-state index in [9.17, 15) is 14.4 Å². The predicted molar refractivity (Wildman–Crippen MR) is 191 cm³/mol. The third-order valence-electron chi connectivity index (χ3n) is 9.29. The number of amides is 4. The summed E-state index contributed by atoms with van der Waals surface area (Å²) in [5.41, 5.74) is 10.5. The van der Waals surface area contributed by atoms with Gasteiger partial charge < -0.3 is 0 Å². The zero-order valence-electron chi connectivity index (χ0n) is 26.6. The van der Waals surface area contributed by atoms with Gasteiger partial charge in [0, 0.05) is 0 Å². The van der Waals surface area contributed by atoms with Crippen molar-refractivity contribution in [3.8, 4) is 21.6 Å². The first kappa shape index (κ1) is 30.2. The van der Waals surface area contributed by atoms with E-state index < -0.39 is 17.8 Å². The first-order chi connectivity index (χ1) is 23.1. The molecule has 8 rings (SSSR count). The number of carbonyl (C=O) groups excluding carboxylic acids is 3. The third kappa shape index (κ3) is 4.59. The van der Waals surface area contributed by atoms with Gasteiger partial charge in [0.2, 0.25) is 0 Å². The summed E-state index contributed by atoms with van der Waals surface area (Å²) >= 11 is 1.19. The average molecular weight is 715 g/mol. The fourth-order valence-corrected chi connectivity index (χ4v) is 8.90. The Morgan fingerprint density at radius 3 is 2.10 bits per heavy atom. The number of imide groups is 2. The molecule has 236 valence electrons. The van der Waals surface area contributed by atoms with Gasteiger partial charge in [-0.15, -0.1) is 0 Å². The van der Waals surface area contributed by atoms with Gasteiger partial charge in [-0.05, 0) is 0 Å². The molecule has 2 aliphatic rings. The van der Waals surface area contributed by atoms with Gasteiger partial charge in [0.25, 0.3) is 0 Å². The van der Waals surface area contributed by atoms with E-state index in [4.69, 9.17) is 7.96 Å². The molecule has 1 fully saturated rings. The Bertz CT molecular complexity index is 2320. The molecule has 0 saturated carbocycles. The molecule has 48 heavy (non-hydrogen) atoms. The van der Waals surface area contributed by atoms with Gasteiger partial charge in [0.05, 0.1) is 0 Å². The number of anilines is 3. The van der Waals surface area contributed by atoms with Crippen molar-refractivity contribution < 1.29 is 14.4 Å². The number of aromatic nitrogens is 2. The van der Waals surface area contributed by atoms with Crippen molar-refractivity contribution in [1.82, 2.24) is 17.8 Å². The van der Waals surface area contributed by atoms with Crippen LogP contribution in [0, 0.1) is 0 Å². The summed E-state index contributed by atoms with van der Waals surface area (Å²) in [5.74, 6) is -1.22. The predicted octanol–water partition coefficient (Wildman–Crippen LogP) is 7.63. The second kappa shape index (κ2) is 11.2. The summed E-state index contributed by atoms with van der Waals surface area (Å²) < 4.78 is 9.75. The van der Waals surface area contributed by atoms with Gasteiger partial charge >= 0.3 is 289 Å². The van der Waals surface area contributed by atoms with Crippen LogP contribution in [-0.2, 0) is 15.0 Å². The number of urea groups is 1. The number of nitrogens with zero attached hydrogens (tertiary/aromatic N) is 5. The molecular formula is C38H29N5O3SSe. The van der Waals surface area contributed by atoms with Crippen LogP contribution in [0.3, 0.4) is 0 Å². The van der Waals surface area contributed by atoms with E-state index in [0.717, 1.165) is 58.7 Å². The molecular weight excluding hydrogens is 685 g/mol. The van der Waals surface area contributed by atoms with Gasteiger partial charge in [-0.2, -0.15) is 0 Å². The van der Waals surface area contributed by atoms with Crippen molar-refractivity contribution in [2.24, 2.45) is 0 Å². The maximum atomic E-state index is 12.7. The van der Waals surface area contributed by atoms with Crippen molar-refractivity contribution in [3.05, 3.63) is 119 Å². The summed E-state index contributed by atoms with van der Waals surface area (Å²) in [6, 6.07) is 33.3. The Morgan fingerprint density at radius 2 is 1.35 bits per heavy atom. The molecule has 0 bridgehead atoms. The molecule has 0 radical (unpaired) electrons. The second-order valence-electron chi connectivity index (χ2n) is 12.4. The Morgan fingerprint density at radius 1 is 0.708 bits per heavy atom. The van der Waals surface area contributed by atoms with E-state index in [1.54, 1.807) is 6.08 Å². The number of para-hydroxylation sites is 2. The second-order valence-corrected chi connectivity index (χ2v) is 14.7. The van der Waals surface area contributed by atoms with E-state index in [2.05, 4.69) is 97.6 Å². The van der Waals surface area contributed by atoms with E-state index in [0.29, 0.717) is 0 Å². The number of likely N-dealkylation sites (N-methyl/N-ethyl adjacent to an activating group) is 2. The summed E-state index contributed by atoms with van der Waals surface area (Å²) in [4.78, 5) is 43.6. The molecule has 0 N–H and O–H groups in total. The van der Waals surface area contributed by atoms with Crippen LogP contribution >= 0.6 is 11.3 Å². The van der Waals surface area contributed by atoms with E-state index in [-0.39, 0.29) is 25.9 Å². The van der Waals surface area contributed by atoms with Crippen molar-refractivity contribution in [2.75, 3.05) is 19.0 Å². The van der Waals surface area contributed by atoms with Crippen molar-refractivity contribution in [1.29, 1.82) is 0 Å². The van der Waals surface area contributed by atoms with E-state index in [1.165, 1.54) is 42.2 Å². The fraction of sp³-hybridized carbons (Fsp3) is 0.132. The minimum absolute atomic E-state index is 0.0413. The molecule has 4 heterocycles. The zero-order valence-corrected chi connectivity index (χ0v) is 29.1. The molecule has 0 spiro atoms. The van der Waals surface area contributed by atoms with Crippen LogP contribution in [0.4, 0.5) is 21.9 Å². The Hall–Kier alpha value is -5.15. The molecule has 6 aromatic rings. The van der Waals surface area contributed by atoms with Crippen LogP contribution in [0.2, 0.25) is 0 Å². The molecule has 2 aromatic heterocycles. The number of barbiturate groups is 1. The topological polar surface area (TPSA) is 86.7 Å². The van der Waals surface area contributed by atoms with Crippen LogP contribution < -0.4 is 4.90 Å². The van der Waals surface area contributed by atoms with Crippen molar-refractivity contribution in [2.45, 2.75) is 19.3 Å². The normalized spacial score (nSPS) is 15.6. The number of benzene rings is 4. The Labute approximate surface area is 287 Å². The molecule has 4 amide bonds. The first-order valence-electron chi connectivity index (χ1n) is 15.4. The van der Waals surface area contributed by atoms with Crippen LogP contribution in [0.25, 0.3) is 38.7 Å². The van der Waals surface area contributed by atoms with Crippen molar-refractivity contribution >= 4 is 78.3 Å². The molecule has 8 nitrogen and oxygen atoms in total. The number of thiophene rings is 1. The number of fused-ring (bicyclic) bond motifs is 3. The fourth-order valence-electron chi connectivity index (χ4n) is 6.72. The molecule has 10 heteroatoms. The Kier molecular flexibility index (Phi) is 7.07. The van der Waals surface area contributed by atoms with Crippen LogP contribution in [0.5, 0.6) is 0 Å². The monoisotopic (exact) mass is 715 g/mol. The third-order valence-corrected chi connectivity index (χ3v) is 11.5. The number of carbonyl (C=O) groups is 3. The van der Waals surface area contributed by atoms with Crippen molar-refractivity contribution in [3.63, 3.8) is 0 Å². The number of rotatable bonds is 4. The molecule has 0 aliphatic carbocycles. The van der Waals surface area contributed by atoms with Gasteiger partial charge in [-0.1, -0.05) is 0 Å². The van der Waals surface area contributed by atoms with E-state index >= 15 is 0 Å². The van der Waals surface area contributed by atoms with E-state index in [1.807, 2.05) is 18.2 Å². The molecule has 0 atom stereocenters. The first-order valence-corrected chi connectivity index (χ1v) is 17.8. The van der Waals surface area contributed by atoms with Crippen LogP contribution in [0.15, 0.2) is 103 Å². The SMILES string of the molecule is CN1C(=O)C(=Cc2ccc(-c3ccc(-c4ccc5c(c4)C(C)(C)c4ccccc4N5c4ccccc4)c4n[se]nc34)s2)C(=O)N(C)C1=O.